The second-order valence-corrected chi connectivity index (χ2v) is 8.01. The van der Waals surface area contributed by atoms with Gasteiger partial charge in [0.05, 0.1) is 0 Å². The van der Waals surface area contributed by atoms with Crippen LogP contribution in [0, 0.1) is 5.82 Å². The summed E-state index contributed by atoms with van der Waals surface area (Å²) < 4.78 is 57.9. The van der Waals surface area contributed by atoms with Crippen molar-refractivity contribution < 1.29 is 22.7 Å². The first-order valence-electron chi connectivity index (χ1n) is 10.4. The number of rotatable bonds is 7. The van der Waals surface area contributed by atoms with Gasteiger partial charge >= 0.3 is 6.18 Å². The van der Waals surface area contributed by atoms with E-state index >= 15 is 0 Å². The number of halogens is 4. The van der Waals surface area contributed by atoms with Gasteiger partial charge in [0.1, 0.15) is 5.82 Å². The summed E-state index contributed by atoms with van der Waals surface area (Å²) in [7, 11) is 0. The van der Waals surface area contributed by atoms with Crippen LogP contribution < -0.4 is 0 Å². The molecule has 0 aliphatic carbocycles. The monoisotopic (exact) mass is 441 g/mol. The summed E-state index contributed by atoms with van der Waals surface area (Å²) >= 11 is 0. The molecule has 166 valence electrons. The van der Waals surface area contributed by atoms with Gasteiger partial charge in [-0.1, -0.05) is 60.7 Å². The van der Waals surface area contributed by atoms with Gasteiger partial charge < -0.3 is 9.67 Å². The maximum Gasteiger partial charge on any atom is 0.421 e. The molecule has 3 aromatic carbocycles. The zero-order chi connectivity index (χ0) is 22.8. The number of benzene rings is 3. The molecule has 0 spiro atoms. The molecule has 2 nitrogen and oxygen atoms in total. The zero-order valence-electron chi connectivity index (χ0n) is 17.3. The molecule has 1 N–H and O–H groups in total. The lowest BCUT2D eigenvalue weighted by Crippen LogP contribution is -2.42. The molecule has 4 aromatic rings. The van der Waals surface area contributed by atoms with Crippen LogP contribution in [0.2, 0.25) is 0 Å². The van der Waals surface area contributed by atoms with Crippen molar-refractivity contribution in [3.8, 4) is 0 Å². The van der Waals surface area contributed by atoms with Gasteiger partial charge in [0.25, 0.3) is 0 Å². The van der Waals surface area contributed by atoms with Crippen LogP contribution in [-0.4, -0.2) is 15.8 Å². The SMILES string of the molecule is OC(CCCc1ccccc1)(c1cn(Cc2cccc(F)c2)c2ccccc12)C(F)(F)F. The molecule has 0 radical (unpaired) electrons. The highest BCUT2D eigenvalue weighted by atomic mass is 19.4. The predicted molar refractivity (Wildman–Crippen MR) is 117 cm³/mol. The van der Waals surface area contributed by atoms with Crippen molar-refractivity contribution in [2.24, 2.45) is 0 Å². The van der Waals surface area contributed by atoms with Gasteiger partial charge in [-0.2, -0.15) is 13.2 Å². The minimum atomic E-state index is -4.85. The van der Waals surface area contributed by atoms with E-state index < -0.39 is 24.0 Å². The first-order valence-corrected chi connectivity index (χ1v) is 10.4. The van der Waals surface area contributed by atoms with E-state index in [0.717, 1.165) is 5.56 Å². The van der Waals surface area contributed by atoms with Crippen molar-refractivity contribution in [3.63, 3.8) is 0 Å². The second kappa shape index (κ2) is 8.79. The maximum atomic E-state index is 14.2. The molecule has 1 heterocycles. The van der Waals surface area contributed by atoms with Crippen LogP contribution in [0.3, 0.4) is 0 Å². The lowest BCUT2D eigenvalue weighted by molar-refractivity contribution is -0.269. The average Bonchev–Trinajstić information content (AvgIpc) is 3.13. The Hall–Kier alpha value is -3.12. The smallest absolute Gasteiger partial charge is 0.376 e. The van der Waals surface area contributed by atoms with Crippen LogP contribution in [0.25, 0.3) is 10.9 Å². The topological polar surface area (TPSA) is 25.2 Å². The Morgan fingerprint density at radius 3 is 2.22 bits per heavy atom. The molecule has 6 heteroatoms. The van der Waals surface area contributed by atoms with Crippen LogP contribution in [0.1, 0.15) is 29.5 Å². The third-order valence-electron chi connectivity index (χ3n) is 5.79. The Kier molecular flexibility index (Phi) is 6.07. The summed E-state index contributed by atoms with van der Waals surface area (Å²) in [5.41, 5.74) is -1.07. The quantitative estimate of drug-likeness (QED) is 0.321. The molecule has 1 atom stereocenters. The van der Waals surface area contributed by atoms with E-state index in [1.807, 2.05) is 30.3 Å². The number of nitrogens with zero attached hydrogens (tertiary/aromatic N) is 1. The van der Waals surface area contributed by atoms with Crippen LogP contribution in [0.4, 0.5) is 17.6 Å². The van der Waals surface area contributed by atoms with Crippen molar-refractivity contribution in [3.05, 3.63) is 108 Å². The Labute approximate surface area is 183 Å². The highest BCUT2D eigenvalue weighted by Crippen LogP contribution is 2.45. The van der Waals surface area contributed by atoms with E-state index in [0.29, 0.717) is 22.9 Å². The number of hydrogen-bond acceptors (Lipinski definition) is 1. The van der Waals surface area contributed by atoms with E-state index in [-0.39, 0.29) is 18.5 Å². The molecule has 0 bridgehead atoms. The van der Waals surface area contributed by atoms with Crippen molar-refractivity contribution >= 4 is 10.9 Å². The Bertz CT molecular complexity index is 1200. The number of hydrogen-bond donors (Lipinski definition) is 1. The Balaban J connectivity index is 1.71. The number of aryl methyl sites for hydroxylation is 1. The van der Waals surface area contributed by atoms with Crippen LogP contribution in [-0.2, 0) is 18.6 Å². The Morgan fingerprint density at radius 2 is 1.50 bits per heavy atom. The molecule has 4 rings (SSSR count). The molecule has 1 unspecified atom stereocenters. The van der Waals surface area contributed by atoms with E-state index in [1.54, 1.807) is 41.0 Å². The van der Waals surface area contributed by atoms with E-state index in [4.69, 9.17) is 0 Å². The zero-order valence-corrected chi connectivity index (χ0v) is 17.3. The third kappa shape index (κ3) is 4.41. The summed E-state index contributed by atoms with van der Waals surface area (Å²) in [5.74, 6) is -0.410. The van der Waals surface area contributed by atoms with Crippen LogP contribution in [0.5, 0.6) is 0 Å². The summed E-state index contributed by atoms with van der Waals surface area (Å²) in [4.78, 5) is 0. The standard InChI is InChI=1S/C26H23F4NO/c27-21-12-6-10-20(16-21)17-31-18-23(22-13-4-5-14-24(22)31)25(32,26(28,29)30)15-7-11-19-8-2-1-3-9-19/h1-6,8-10,12-14,16,18,32H,7,11,15,17H2. The fourth-order valence-corrected chi connectivity index (χ4v) is 4.16. The first kappa shape index (κ1) is 22.1. The summed E-state index contributed by atoms with van der Waals surface area (Å²) in [5, 5.41) is 11.4. The van der Waals surface area contributed by atoms with Gasteiger partial charge in [0.15, 0.2) is 5.60 Å². The normalized spacial score (nSPS) is 13.9. The number of aliphatic hydroxyl groups is 1. The number of fused-ring (bicyclic) bond motifs is 1. The lowest BCUT2D eigenvalue weighted by Gasteiger charge is -2.30. The second-order valence-electron chi connectivity index (χ2n) is 8.01. The molecular formula is C26H23F4NO. The van der Waals surface area contributed by atoms with Gasteiger partial charge in [-0.3, -0.25) is 0 Å². The van der Waals surface area contributed by atoms with Crippen molar-refractivity contribution in [2.75, 3.05) is 0 Å². The molecule has 1 aromatic heterocycles. The largest absolute Gasteiger partial charge is 0.421 e. The molecule has 0 saturated carbocycles. The van der Waals surface area contributed by atoms with Gasteiger partial charge in [-0.25, -0.2) is 4.39 Å². The van der Waals surface area contributed by atoms with E-state index in [2.05, 4.69) is 0 Å². The van der Waals surface area contributed by atoms with Gasteiger partial charge in [-0.15, -0.1) is 0 Å². The molecule has 32 heavy (non-hydrogen) atoms. The van der Waals surface area contributed by atoms with Crippen LogP contribution in [0.15, 0.2) is 85.1 Å². The predicted octanol–water partition coefficient (Wildman–Crippen LogP) is 6.60. The van der Waals surface area contributed by atoms with Crippen molar-refractivity contribution in [1.29, 1.82) is 0 Å². The molecular weight excluding hydrogens is 418 g/mol. The van der Waals surface area contributed by atoms with E-state index in [9.17, 15) is 22.7 Å². The fraction of sp³-hybridized carbons (Fsp3) is 0.231. The number of aromatic nitrogens is 1. The van der Waals surface area contributed by atoms with Gasteiger partial charge in [0.2, 0.25) is 0 Å². The minimum Gasteiger partial charge on any atom is -0.376 e. The fourth-order valence-electron chi connectivity index (χ4n) is 4.16. The maximum absolute atomic E-state index is 14.2. The van der Waals surface area contributed by atoms with Gasteiger partial charge in [-0.05, 0) is 48.6 Å². The minimum absolute atomic E-state index is 0.170. The molecule has 0 fully saturated rings. The van der Waals surface area contributed by atoms with Gasteiger partial charge in [0, 0.05) is 29.2 Å². The highest BCUT2D eigenvalue weighted by Gasteiger charge is 2.55. The average molecular weight is 441 g/mol. The third-order valence-corrected chi connectivity index (χ3v) is 5.79. The highest BCUT2D eigenvalue weighted by molar-refractivity contribution is 5.85. The van der Waals surface area contributed by atoms with Crippen LogP contribution >= 0.6 is 0 Å². The molecule has 0 aliphatic heterocycles. The van der Waals surface area contributed by atoms with E-state index in [1.165, 1.54) is 18.3 Å². The molecule has 0 saturated heterocycles. The summed E-state index contributed by atoms with van der Waals surface area (Å²) in [6.07, 6.45) is -3.35. The molecule has 0 amide bonds. The number of alkyl halides is 3. The van der Waals surface area contributed by atoms with Crippen molar-refractivity contribution in [1.82, 2.24) is 4.57 Å². The van der Waals surface area contributed by atoms with Crippen molar-refractivity contribution in [2.45, 2.75) is 37.6 Å². The number of para-hydroxylation sites is 1. The Morgan fingerprint density at radius 1 is 0.812 bits per heavy atom. The summed E-state index contributed by atoms with van der Waals surface area (Å²) in [6.45, 7) is 0.191. The first-order chi connectivity index (χ1) is 15.3. The summed E-state index contributed by atoms with van der Waals surface area (Å²) in [6, 6.07) is 21.9. The lowest BCUT2D eigenvalue weighted by atomic mass is 9.87. The molecule has 0 aliphatic rings.